The van der Waals surface area contributed by atoms with Crippen molar-refractivity contribution >= 4 is 5.49 Å². The molecule has 0 heterocycles. The normalized spacial score (nSPS) is 14.1. The van der Waals surface area contributed by atoms with Gasteiger partial charge < -0.3 is 24.8 Å². The van der Waals surface area contributed by atoms with E-state index in [4.69, 9.17) is 0 Å². The summed E-state index contributed by atoms with van der Waals surface area (Å²) < 4.78 is 0. The molecule has 0 nitrogen and oxygen atoms in total. The molecule has 0 aromatic heterocycles. The molecule has 4 heteroatoms. The van der Waals surface area contributed by atoms with Crippen molar-refractivity contribution in [1.29, 1.82) is 0 Å². The Morgan fingerprint density at radius 1 is 0.864 bits per heavy atom. The van der Waals surface area contributed by atoms with Gasteiger partial charge in [-0.3, -0.25) is 12.2 Å². The monoisotopic (exact) mass is 522 g/mol. The maximum absolute atomic E-state index is 3.26. The molecule has 0 radical (unpaired) electrons. The minimum Gasteiger partial charge on any atom is -1.00 e. The van der Waals surface area contributed by atoms with Gasteiger partial charge in [-0.25, -0.2) is 23.3 Å². The van der Waals surface area contributed by atoms with E-state index in [1.165, 1.54) is 34.1 Å². The van der Waals surface area contributed by atoms with Gasteiger partial charge in [0.2, 0.25) is 0 Å². The van der Waals surface area contributed by atoms with Gasteiger partial charge in [0.15, 0.2) is 0 Å². The maximum atomic E-state index is 3.26. The molecule has 2 aliphatic rings. The Morgan fingerprint density at radius 3 is 1.23 bits per heavy atom. The summed E-state index contributed by atoms with van der Waals surface area (Å²) in [6.07, 6.45) is 17.2. The fourth-order valence-corrected chi connectivity index (χ4v) is 1.64. The Labute approximate surface area is 165 Å². The molecule has 0 aromatic carbocycles. The summed E-state index contributed by atoms with van der Waals surface area (Å²) in [6.45, 7) is 13.4. The third kappa shape index (κ3) is 15.5. The molecule has 2 rings (SSSR count). The molecule has 0 N–H and O–H groups in total. The molecule has 0 unspecified atom stereocenters. The molecule has 0 bridgehead atoms. The second kappa shape index (κ2) is 16.5. The van der Waals surface area contributed by atoms with Gasteiger partial charge in [0.05, 0.1) is 0 Å². The molecule has 0 amide bonds. The average molecular weight is 522 g/mol. The van der Waals surface area contributed by atoms with E-state index in [0.717, 1.165) is 12.8 Å². The number of halogens is 2. The van der Waals surface area contributed by atoms with Crippen molar-refractivity contribution in [2.45, 2.75) is 53.6 Å². The Morgan fingerprint density at radius 2 is 1.14 bits per heavy atom. The average Bonchev–Trinajstić information content (AvgIpc) is 3.03. The van der Waals surface area contributed by atoms with Crippen LogP contribution in [0.25, 0.3) is 0 Å². The van der Waals surface area contributed by atoms with Crippen LogP contribution in [0.5, 0.6) is 0 Å². The van der Waals surface area contributed by atoms with Crippen LogP contribution in [-0.2, 0) is 23.0 Å². The van der Waals surface area contributed by atoms with Gasteiger partial charge in [0.1, 0.15) is 0 Å². The fourth-order valence-electron chi connectivity index (χ4n) is 1.64. The van der Waals surface area contributed by atoms with E-state index in [1.807, 2.05) is 0 Å². The molecule has 0 atom stereocenters. The van der Waals surface area contributed by atoms with Crippen molar-refractivity contribution in [2.75, 3.05) is 0 Å². The first kappa shape index (κ1) is 27.5. The summed E-state index contributed by atoms with van der Waals surface area (Å²) in [6, 6.07) is 0. The van der Waals surface area contributed by atoms with E-state index in [9.17, 15) is 0 Å². The third-order valence-electron chi connectivity index (χ3n) is 2.69. The van der Waals surface area contributed by atoms with Crippen LogP contribution in [0.15, 0.2) is 35.5 Å². The minimum atomic E-state index is 0. The molecule has 124 valence electrons. The fraction of sp³-hybridized carbons (Fsp3) is 0.556. The zero-order valence-electron chi connectivity index (χ0n) is 14.6. The summed E-state index contributed by atoms with van der Waals surface area (Å²) in [5.74, 6) is 1.32. The predicted molar refractivity (Wildman–Crippen MR) is 88.2 cm³/mol. The van der Waals surface area contributed by atoms with Gasteiger partial charge >= 0.3 is 41.6 Å². The Hall–Kier alpha value is 0.627. The second-order valence-corrected chi connectivity index (χ2v) is 18.6. The van der Waals surface area contributed by atoms with Crippen LogP contribution in [0.1, 0.15) is 40.5 Å². The molecular weight excluding hydrogens is 494 g/mol. The van der Waals surface area contributed by atoms with Crippen LogP contribution < -0.4 is 24.8 Å². The van der Waals surface area contributed by atoms with Crippen molar-refractivity contribution in [2.24, 2.45) is 11.8 Å². The van der Waals surface area contributed by atoms with Crippen LogP contribution in [0.3, 0.4) is 0 Å². The predicted octanol–water partition coefficient (Wildman–Crippen LogP) is -0.544. The third-order valence-corrected chi connectivity index (χ3v) is 2.69. The molecule has 0 saturated carbocycles. The zero-order chi connectivity index (χ0) is 15.5. The van der Waals surface area contributed by atoms with Crippen molar-refractivity contribution in [3.8, 4) is 0 Å². The molecule has 0 aliphatic heterocycles. The summed E-state index contributed by atoms with van der Waals surface area (Å²) >= 11 is 1.45. The van der Waals surface area contributed by atoms with E-state index in [1.54, 1.807) is 0 Å². The first-order chi connectivity index (χ1) is 9.34. The van der Waals surface area contributed by atoms with Crippen molar-refractivity contribution < 1.29 is 47.8 Å². The summed E-state index contributed by atoms with van der Waals surface area (Å²) in [4.78, 5) is 0. The number of allylic oxidation sites excluding steroid dienone is 8. The molecular formula is C18H28Cl2HfSi-2. The van der Waals surface area contributed by atoms with Crippen LogP contribution >= 0.6 is 0 Å². The van der Waals surface area contributed by atoms with Gasteiger partial charge in [-0.05, 0) is 0 Å². The Bertz CT molecular complexity index is 381. The van der Waals surface area contributed by atoms with Crippen LogP contribution in [0.4, 0.5) is 0 Å². The summed E-state index contributed by atoms with van der Waals surface area (Å²) in [7, 11) is 0. The molecule has 0 fully saturated rings. The van der Waals surface area contributed by atoms with Gasteiger partial charge in [-0.2, -0.15) is 12.2 Å². The van der Waals surface area contributed by atoms with E-state index in [0.29, 0.717) is 11.8 Å². The van der Waals surface area contributed by atoms with Gasteiger partial charge in [0.25, 0.3) is 0 Å². The number of rotatable bonds is 2. The van der Waals surface area contributed by atoms with Gasteiger partial charge in [-0.15, -0.1) is 12.8 Å². The Kier molecular flexibility index (Phi) is 20.6. The van der Waals surface area contributed by atoms with Crippen molar-refractivity contribution in [3.63, 3.8) is 0 Å². The largest absolute Gasteiger partial charge is 1.00 e. The zero-order valence-corrected chi connectivity index (χ0v) is 20.7. The van der Waals surface area contributed by atoms with Crippen molar-refractivity contribution in [1.82, 2.24) is 0 Å². The first-order valence-electron chi connectivity index (χ1n) is 7.40. The number of hydrogen-bond donors (Lipinski definition) is 0. The first-order valence-corrected chi connectivity index (χ1v) is 15.3. The Balaban J connectivity index is -0.000000249. The smallest absolute Gasteiger partial charge is 1.00 e. The standard InChI is InChI=1S/2C8H11.C2H6Si.2ClH.Hf/c2*1-7(2)8-5-3-4-6-8;1-3-2;;;/h2*3,5,7H,4H2,1-2H3;1-2H3;2*1H;/q2*-1;;;;+2/p-2. The molecule has 0 saturated heterocycles. The van der Waals surface area contributed by atoms with Crippen molar-refractivity contribution in [3.05, 3.63) is 47.6 Å². The van der Waals surface area contributed by atoms with Crippen LogP contribution in [0, 0.1) is 24.0 Å². The van der Waals surface area contributed by atoms with E-state index in [-0.39, 0.29) is 30.3 Å². The quantitative estimate of drug-likeness (QED) is 0.338. The minimum absolute atomic E-state index is 0. The second-order valence-electron chi connectivity index (χ2n) is 5.79. The van der Waals surface area contributed by atoms with Gasteiger partial charge in [0, 0.05) is 0 Å². The SMILES string of the molecule is CC(C)C1=[C-]CC=C1.CC(C)C1=[C-]CC=C1.C[Si](C)=[Hf+2].[Cl-].[Cl-]. The molecule has 2 aliphatic carbocycles. The molecule has 22 heavy (non-hydrogen) atoms. The molecule has 0 aromatic rings. The maximum Gasteiger partial charge on any atom is -1.00 e. The van der Waals surface area contributed by atoms with E-state index in [2.05, 4.69) is 77.2 Å². The molecule has 0 spiro atoms. The summed E-state index contributed by atoms with van der Waals surface area (Å²) in [5, 5.41) is 0. The van der Waals surface area contributed by atoms with E-state index >= 15 is 0 Å². The van der Waals surface area contributed by atoms with Gasteiger partial charge in [-0.1, -0.05) is 39.5 Å². The summed E-state index contributed by atoms with van der Waals surface area (Å²) in [5.41, 5.74) is 2.99. The van der Waals surface area contributed by atoms with E-state index < -0.39 is 0 Å². The number of hydrogen-bond acceptors (Lipinski definition) is 0. The topological polar surface area (TPSA) is 0 Å². The van der Waals surface area contributed by atoms with Crippen LogP contribution in [0.2, 0.25) is 13.1 Å². The van der Waals surface area contributed by atoms with Crippen LogP contribution in [-0.4, -0.2) is 5.49 Å².